The topological polar surface area (TPSA) is 13.1 Å². The van der Waals surface area contributed by atoms with Crippen molar-refractivity contribution in [3.05, 3.63) is 224 Å². The van der Waals surface area contributed by atoms with E-state index in [2.05, 4.69) is 238 Å². The van der Waals surface area contributed by atoms with Crippen LogP contribution in [0.3, 0.4) is 0 Å². The lowest BCUT2D eigenvalue weighted by Crippen LogP contribution is -2.09. The SMILES string of the molecule is c1ccc(N(c2ccccc2)c2ccc3c(ccc4cc(-c5cc6c7ccccc7n(-c7ccccc7)c6c6c5c5ccccc5n6-c5ccccc5)ccc43)c2)cc1. The first-order valence-electron chi connectivity index (χ1n) is 20.3. The monoisotopic (exact) mass is 751 g/mol. The van der Waals surface area contributed by atoms with Crippen LogP contribution in [-0.4, -0.2) is 9.13 Å². The molecule has 12 aromatic rings. The van der Waals surface area contributed by atoms with Crippen molar-refractivity contribution >= 4 is 82.2 Å². The quantitative estimate of drug-likeness (QED) is 0.154. The highest BCUT2D eigenvalue weighted by Crippen LogP contribution is 2.47. The maximum absolute atomic E-state index is 2.48. The molecule has 12 rings (SSSR count). The second-order valence-electron chi connectivity index (χ2n) is 15.3. The Morgan fingerprint density at radius 1 is 0.305 bits per heavy atom. The van der Waals surface area contributed by atoms with Gasteiger partial charge in [0, 0.05) is 50.0 Å². The van der Waals surface area contributed by atoms with Crippen molar-refractivity contribution in [2.45, 2.75) is 0 Å². The zero-order valence-electron chi connectivity index (χ0n) is 32.2. The molecule has 0 bridgehead atoms. The molecule has 0 fully saturated rings. The van der Waals surface area contributed by atoms with Crippen molar-refractivity contribution < 1.29 is 0 Å². The second kappa shape index (κ2) is 13.4. The van der Waals surface area contributed by atoms with Gasteiger partial charge in [-0.3, -0.25) is 0 Å². The number of fused-ring (bicyclic) bond motifs is 10. The van der Waals surface area contributed by atoms with Crippen molar-refractivity contribution in [3.63, 3.8) is 0 Å². The molecule has 0 aliphatic carbocycles. The molecule has 0 aliphatic rings. The van der Waals surface area contributed by atoms with Crippen LogP contribution in [0.1, 0.15) is 0 Å². The summed E-state index contributed by atoms with van der Waals surface area (Å²) in [5.41, 5.74) is 12.9. The van der Waals surface area contributed by atoms with Crippen LogP contribution in [0.5, 0.6) is 0 Å². The van der Waals surface area contributed by atoms with E-state index in [-0.39, 0.29) is 0 Å². The Labute approximate surface area is 341 Å². The van der Waals surface area contributed by atoms with Crippen molar-refractivity contribution in [2.75, 3.05) is 4.90 Å². The highest BCUT2D eigenvalue weighted by molar-refractivity contribution is 6.28. The van der Waals surface area contributed by atoms with Gasteiger partial charge in [-0.1, -0.05) is 140 Å². The Balaban J connectivity index is 1.12. The number of hydrogen-bond acceptors (Lipinski definition) is 1. The minimum Gasteiger partial charge on any atom is -0.310 e. The van der Waals surface area contributed by atoms with E-state index >= 15 is 0 Å². The van der Waals surface area contributed by atoms with Gasteiger partial charge in [-0.05, 0) is 118 Å². The van der Waals surface area contributed by atoms with Gasteiger partial charge in [0.25, 0.3) is 0 Å². The van der Waals surface area contributed by atoms with E-state index < -0.39 is 0 Å². The Bertz CT molecular complexity index is 3490. The van der Waals surface area contributed by atoms with Gasteiger partial charge in [-0.15, -0.1) is 0 Å². The normalized spacial score (nSPS) is 11.7. The fourth-order valence-corrected chi connectivity index (χ4v) is 9.48. The number of para-hydroxylation sites is 6. The van der Waals surface area contributed by atoms with Gasteiger partial charge >= 0.3 is 0 Å². The summed E-state index contributed by atoms with van der Waals surface area (Å²) >= 11 is 0. The molecule has 3 nitrogen and oxygen atoms in total. The van der Waals surface area contributed by atoms with Gasteiger partial charge < -0.3 is 14.0 Å². The minimum absolute atomic E-state index is 1.13. The zero-order chi connectivity index (χ0) is 38.9. The van der Waals surface area contributed by atoms with Crippen molar-refractivity contribution in [3.8, 4) is 22.5 Å². The predicted octanol–water partition coefficient (Wildman–Crippen LogP) is 15.3. The third-order valence-electron chi connectivity index (χ3n) is 12.0. The number of nitrogens with zero attached hydrogens (tertiary/aromatic N) is 3. The van der Waals surface area contributed by atoms with Crippen LogP contribution >= 0.6 is 0 Å². The van der Waals surface area contributed by atoms with Crippen molar-refractivity contribution in [2.24, 2.45) is 0 Å². The Morgan fingerprint density at radius 3 is 1.42 bits per heavy atom. The number of anilines is 3. The van der Waals surface area contributed by atoms with Crippen LogP contribution in [0.15, 0.2) is 224 Å². The van der Waals surface area contributed by atoms with Crippen LogP contribution in [0.2, 0.25) is 0 Å². The largest absolute Gasteiger partial charge is 0.310 e. The standard InChI is InChI=1S/C56H37N3/c1-5-17-41(18-6-1)57(42-19-7-2-8-20-42)45-32-34-47-40(36-45)30-29-38-35-39(31-33-46(38)47)50-37-51-48-25-13-15-27-52(48)58(43-21-9-3-10-22-43)55(51)56-54(50)49-26-14-16-28-53(49)59(56)44-23-11-4-12-24-44/h1-37H. The summed E-state index contributed by atoms with van der Waals surface area (Å²) in [5.74, 6) is 0. The molecule has 3 heteroatoms. The maximum Gasteiger partial charge on any atom is 0.0795 e. The van der Waals surface area contributed by atoms with E-state index in [0.717, 1.165) is 28.4 Å². The van der Waals surface area contributed by atoms with Gasteiger partial charge in [0.1, 0.15) is 0 Å². The highest BCUT2D eigenvalue weighted by Gasteiger charge is 2.24. The van der Waals surface area contributed by atoms with Crippen LogP contribution < -0.4 is 4.90 Å². The van der Waals surface area contributed by atoms with E-state index in [0.29, 0.717) is 0 Å². The average Bonchev–Trinajstić information content (AvgIpc) is 3.83. The fourth-order valence-electron chi connectivity index (χ4n) is 9.48. The first-order chi connectivity index (χ1) is 29.3. The van der Waals surface area contributed by atoms with E-state index in [1.54, 1.807) is 0 Å². The number of rotatable bonds is 6. The summed E-state index contributed by atoms with van der Waals surface area (Å²) in [5, 5.41) is 9.88. The minimum atomic E-state index is 1.13. The molecule has 0 unspecified atom stereocenters. The summed E-state index contributed by atoms with van der Waals surface area (Å²) in [6.45, 7) is 0. The van der Waals surface area contributed by atoms with E-state index in [9.17, 15) is 0 Å². The molecule has 0 N–H and O–H groups in total. The van der Waals surface area contributed by atoms with Crippen LogP contribution in [0, 0.1) is 0 Å². The van der Waals surface area contributed by atoms with Crippen LogP contribution in [0.25, 0.3) is 87.7 Å². The highest BCUT2D eigenvalue weighted by atomic mass is 15.1. The summed E-state index contributed by atoms with van der Waals surface area (Å²) < 4.78 is 4.95. The molecule has 0 aliphatic heterocycles. The van der Waals surface area contributed by atoms with Gasteiger partial charge in [0.05, 0.1) is 22.1 Å². The molecule has 0 amide bonds. The Morgan fingerprint density at radius 2 is 0.797 bits per heavy atom. The lowest BCUT2D eigenvalue weighted by Gasteiger charge is -2.25. The maximum atomic E-state index is 2.48. The van der Waals surface area contributed by atoms with Gasteiger partial charge in [-0.2, -0.15) is 0 Å². The number of benzene rings is 10. The molecule has 10 aromatic carbocycles. The molecule has 0 atom stereocenters. The molecular weight excluding hydrogens is 715 g/mol. The second-order valence-corrected chi connectivity index (χ2v) is 15.3. The molecule has 0 radical (unpaired) electrons. The van der Waals surface area contributed by atoms with Crippen molar-refractivity contribution in [1.29, 1.82) is 0 Å². The summed E-state index contributed by atoms with van der Waals surface area (Å²) in [6, 6.07) is 81.6. The molecule has 2 aromatic heterocycles. The van der Waals surface area contributed by atoms with Crippen molar-refractivity contribution in [1.82, 2.24) is 9.13 Å². The molecular formula is C56H37N3. The predicted molar refractivity (Wildman–Crippen MR) is 250 cm³/mol. The van der Waals surface area contributed by atoms with Gasteiger partial charge in [0.15, 0.2) is 0 Å². The van der Waals surface area contributed by atoms with E-state index in [4.69, 9.17) is 0 Å². The molecule has 59 heavy (non-hydrogen) atoms. The van der Waals surface area contributed by atoms with Gasteiger partial charge in [-0.25, -0.2) is 0 Å². The molecule has 276 valence electrons. The summed E-state index contributed by atoms with van der Waals surface area (Å²) in [4.78, 5) is 2.33. The third kappa shape index (κ3) is 5.22. The van der Waals surface area contributed by atoms with Crippen LogP contribution in [-0.2, 0) is 0 Å². The van der Waals surface area contributed by atoms with E-state index in [1.165, 1.54) is 76.3 Å². The fraction of sp³-hybridized carbons (Fsp3) is 0. The summed E-state index contributed by atoms with van der Waals surface area (Å²) in [7, 11) is 0. The lowest BCUT2D eigenvalue weighted by molar-refractivity contribution is 1.15. The average molecular weight is 752 g/mol. The first-order valence-corrected chi connectivity index (χ1v) is 20.3. The molecule has 0 saturated heterocycles. The van der Waals surface area contributed by atoms with E-state index in [1.807, 2.05) is 0 Å². The Kier molecular flexibility index (Phi) is 7.54. The zero-order valence-corrected chi connectivity index (χ0v) is 32.2. The summed E-state index contributed by atoms with van der Waals surface area (Å²) in [6.07, 6.45) is 0. The lowest BCUT2D eigenvalue weighted by atomic mass is 9.93. The third-order valence-corrected chi connectivity index (χ3v) is 12.0. The first kappa shape index (κ1) is 33.3. The smallest absolute Gasteiger partial charge is 0.0795 e. The molecule has 2 heterocycles. The Hall–Kier alpha value is -7.88. The number of aromatic nitrogens is 2. The molecule has 0 spiro atoms. The van der Waals surface area contributed by atoms with Gasteiger partial charge in [0.2, 0.25) is 0 Å². The molecule has 0 saturated carbocycles. The van der Waals surface area contributed by atoms with Crippen LogP contribution in [0.4, 0.5) is 17.1 Å². The number of hydrogen-bond donors (Lipinski definition) is 0.